The van der Waals surface area contributed by atoms with E-state index >= 15 is 0 Å². The summed E-state index contributed by atoms with van der Waals surface area (Å²) in [5.74, 6) is 6.77. The number of aryl methyl sites for hydroxylation is 1. The van der Waals surface area contributed by atoms with Crippen LogP contribution in [-0.2, 0) is 25.5 Å². The van der Waals surface area contributed by atoms with Crippen LogP contribution in [-0.4, -0.2) is 57.8 Å². The number of rotatable bonds is 12. The second-order valence-corrected chi connectivity index (χ2v) is 21.6. The number of fused-ring (bicyclic) bond motifs is 4. The smallest absolute Gasteiger partial charge is 0.331 e. The summed E-state index contributed by atoms with van der Waals surface area (Å²) in [6.07, 6.45) is 20.0. The molecule has 59 heavy (non-hydrogen) atoms. The highest BCUT2D eigenvalue weighted by atomic mass is 16.5. The monoisotopic (exact) mass is 811 g/mol. The molecule has 1 aromatic carbocycles. The minimum absolute atomic E-state index is 0.163. The zero-order valence-corrected chi connectivity index (χ0v) is 36.6. The Labute approximate surface area is 354 Å². The van der Waals surface area contributed by atoms with Gasteiger partial charge in [0.05, 0.1) is 34.1 Å². The normalized spacial score (nSPS) is 37.5. The molecule has 2 heterocycles. The van der Waals surface area contributed by atoms with Crippen molar-refractivity contribution in [1.29, 1.82) is 0 Å². The quantitative estimate of drug-likeness (QED) is 0.142. The minimum Gasteiger partial charge on any atom is -0.462 e. The summed E-state index contributed by atoms with van der Waals surface area (Å²) >= 11 is 0. The van der Waals surface area contributed by atoms with Crippen molar-refractivity contribution in [3.63, 3.8) is 0 Å². The Morgan fingerprint density at radius 1 is 0.864 bits per heavy atom. The maximum Gasteiger partial charge on any atom is 0.331 e. The SMILES string of the molecule is CC(CCCc1ccccc1)CCC(O)C12C(O)CCC(C)(C3CCC4(CCCC4)CC3)C1C1CC(C)(C#CCC3(CCCCC3)C(=O)O1)C2(O)CCC1=CC(=O)OC1. The van der Waals surface area contributed by atoms with E-state index in [4.69, 9.17) is 9.47 Å². The molecule has 0 radical (unpaired) electrons. The Balaban J connectivity index is 1.21. The van der Waals surface area contributed by atoms with Crippen molar-refractivity contribution >= 4 is 11.9 Å². The van der Waals surface area contributed by atoms with Gasteiger partial charge in [0.25, 0.3) is 0 Å². The van der Waals surface area contributed by atoms with Crippen molar-refractivity contribution < 1.29 is 34.4 Å². The summed E-state index contributed by atoms with van der Waals surface area (Å²) in [6.45, 7) is 6.85. The van der Waals surface area contributed by atoms with Crippen LogP contribution in [0.25, 0.3) is 0 Å². The number of aliphatic hydroxyl groups excluding tert-OH is 2. The largest absolute Gasteiger partial charge is 0.462 e. The first-order valence-corrected chi connectivity index (χ1v) is 24.0. The van der Waals surface area contributed by atoms with Crippen LogP contribution in [0.15, 0.2) is 42.0 Å². The molecule has 3 N–H and O–H groups in total. The van der Waals surface area contributed by atoms with E-state index in [1.807, 2.05) is 6.92 Å². The van der Waals surface area contributed by atoms with Gasteiger partial charge >= 0.3 is 11.9 Å². The number of ether oxygens (including phenoxy) is 2. The molecule has 9 atom stereocenters. The molecule has 9 unspecified atom stereocenters. The number of hydrogen-bond acceptors (Lipinski definition) is 7. The lowest BCUT2D eigenvalue weighted by atomic mass is 9.35. The summed E-state index contributed by atoms with van der Waals surface area (Å²) in [7, 11) is 0. The van der Waals surface area contributed by atoms with Crippen molar-refractivity contribution in [2.24, 2.45) is 44.8 Å². The standard InChI is InChI=1S/C52H74O7/c1-37(14-12-17-38-15-6-4-7-16-38)18-19-42(53)52-43(54)23-30-48(3,40-21-31-49(32-22-40)25-10-11-26-49)45(52)41-35-47(2,51(52,57)33-20-39-34-44(55)58-36-39)24-13-29-50(46(56)59-41)27-8-5-9-28-50/h4,6-7,15-16,34,37,40-43,45,53-54,57H,5,8-12,14,17-23,25-33,35-36H2,1-3H3. The summed E-state index contributed by atoms with van der Waals surface area (Å²) in [6, 6.07) is 10.6. The zero-order valence-electron chi connectivity index (χ0n) is 36.6. The molecule has 7 nitrogen and oxygen atoms in total. The van der Waals surface area contributed by atoms with Crippen molar-refractivity contribution in [2.45, 2.75) is 199 Å². The maximum absolute atomic E-state index is 14.9. The highest BCUT2D eigenvalue weighted by molar-refractivity contribution is 5.85. The molecule has 0 saturated heterocycles. The maximum atomic E-state index is 14.9. The van der Waals surface area contributed by atoms with Gasteiger partial charge in [-0.2, -0.15) is 0 Å². The number of esters is 2. The first-order valence-electron chi connectivity index (χ1n) is 24.0. The molecule has 324 valence electrons. The van der Waals surface area contributed by atoms with E-state index in [1.54, 1.807) is 6.08 Å². The van der Waals surface area contributed by atoms with Gasteiger partial charge in [0.1, 0.15) is 12.7 Å². The molecule has 0 amide bonds. The number of hydrogen-bond donors (Lipinski definition) is 3. The van der Waals surface area contributed by atoms with Crippen LogP contribution in [0.1, 0.15) is 174 Å². The van der Waals surface area contributed by atoms with Crippen molar-refractivity contribution in [2.75, 3.05) is 6.61 Å². The molecule has 8 rings (SSSR count). The van der Waals surface area contributed by atoms with E-state index in [1.165, 1.54) is 44.1 Å². The molecule has 5 fully saturated rings. The van der Waals surface area contributed by atoms with Gasteiger partial charge in [-0.05, 0) is 143 Å². The lowest BCUT2D eigenvalue weighted by Crippen LogP contribution is -2.79. The van der Waals surface area contributed by atoms with Crippen LogP contribution >= 0.6 is 0 Å². The van der Waals surface area contributed by atoms with Crippen molar-refractivity contribution in [3.05, 3.63) is 47.5 Å². The number of benzene rings is 1. The average Bonchev–Trinajstić information content (AvgIpc) is 3.88. The van der Waals surface area contributed by atoms with Gasteiger partial charge in [-0.25, -0.2) is 4.79 Å². The van der Waals surface area contributed by atoms with Crippen LogP contribution < -0.4 is 0 Å². The molecule has 5 aliphatic carbocycles. The lowest BCUT2D eigenvalue weighted by molar-refractivity contribution is -0.339. The molecule has 1 aromatic rings. The van der Waals surface area contributed by atoms with E-state index in [0.717, 1.165) is 82.6 Å². The van der Waals surface area contributed by atoms with Gasteiger partial charge in [0.2, 0.25) is 0 Å². The minimum atomic E-state index is -1.67. The molecule has 2 bridgehead atoms. The first-order chi connectivity index (χ1) is 28.3. The van der Waals surface area contributed by atoms with Gasteiger partial charge in [-0.15, -0.1) is 5.92 Å². The summed E-state index contributed by atoms with van der Waals surface area (Å²) in [5.41, 5.74) is -2.73. The number of aliphatic hydroxyl groups is 3. The second-order valence-electron chi connectivity index (χ2n) is 21.6. The van der Waals surface area contributed by atoms with Crippen molar-refractivity contribution in [3.8, 4) is 11.8 Å². The third-order valence-corrected chi connectivity index (χ3v) is 18.3. The highest BCUT2D eigenvalue weighted by Gasteiger charge is 2.78. The van der Waals surface area contributed by atoms with Gasteiger partial charge in [-0.1, -0.05) is 88.6 Å². The fraction of sp³-hybridized carbons (Fsp3) is 0.769. The van der Waals surface area contributed by atoms with E-state index < -0.39 is 51.5 Å². The average molecular weight is 811 g/mol. The van der Waals surface area contributed by atoms with Gasteiger partial charge in [-0.3, -0.25) is 4.79 Å². The molecule has 5 saturated carbocycles. The second kappa shape index (κ2) is 16.9. The lowest BCUT2D eigenvalue weighted by Gasteiger charge is -2.72. The molecular weight excluding hydrogens is 737 g/mol. The van der Waals surface area contributed by atoms with Crippen LogP contribution in [0.3, 0.4) is 0 Å². The number of carbonyl (C=O) groups excluding carboxylic acids is 2. The van der Waals surface area contributed by atoms with Gasteiger partial charge in [0.15, 0.2) is 0 Å². The number of cyclic esters (lactones) is 1. The molecule has 2 spiro atoms. The van der Waals surface area contributed by atoms with Crippen molar-refractivity contribution in [1.82, 2.24) is 0 Å². The third-order valence-electron chi connectivity index (χ3n) is 18.3. The molecule has 7 aliphatic rings. The summed E-state index contributed by atoms with van der Waals surface area (Å²) < 4.78 is 12.4. The highest BCUT2D eigenvalue weighted by Crippen LogP contribution is 2.72. The first kappa shape index (κ1) is 43.0. The fourth-order valence-corrected chi connectivity index (χ4v) is 14.8. The Kier molecular flexibility index (Phi) is 12.3. The molecule has 7 heteroatoms. The van der Waals surface area contributed by atoms with Crippen LogP contribution in [0.2, 0.25) is 0 Å². The van der Waals surface area contributed by atoms with E-state index in [0.29, 0.717) is 49.4 Å². The fourth-order valence-electron chi connectivity index (χ4n) is 14.8. The van der Waals surface area contributed by atoms with E-state index in [-0.39, 0.29) is 25.0 Å². The van der Waals surface area contributed by atoms with Crippen LogP contribution in [0.5, 0.6) is 0 Å². The number of carbonyl (C=O) groups is 2. The zero-order chi connectivity index (χ0) is 41.5. The molecular formula is C52H74O7. The Morgan fingerprint density at radius 2 is 1.58 bits per heavy atom. The Bertz CT molecular complexity index is 1750. The third kappa shape index (κ3) is 7.66. The van der Waals surface area contributed by atoms with Gasteiger partial charge in [0, 0.05) is 24.8 Å². The summed E-state index contributed by atoms with van der Waals surface area (Å²) in [4.78, 5) is 27.2. The van der Waals surface area contributed by atoms with Gasteiger partial charge < -0.3 is 24.8 Å². The predicted octanol–water partition coefficient (Wildman–Crippen LogP) is 9.97. The molecule has 2 aliphatic heterocycles. The Hall–Kier alpha value is -2.66. The Morgan fingerprint density at radius 3 is 2.27 bits per heavy atom. The predicted molar refractivity (Wildman–Crippen MR) is 230 cm³/mol. The summed E-state index contributed by atoms with van der Waals surface area (Å²) in [5, 5.41) is 40.6. The topological polar surface area (TPSA) is 113 Å². The van der Waals surface area contributed by atoms with E-state index in [2.05, 4.69) is 56.0 Å². The van der Waals surface area contributed by atoms with Crippen LogP contribution in [0.4, 0.5) is 0 Å². The molecule has 0 aromatic heterocycles. The van der Waals surface area contributed by atoms with E-state index in [9.17, 15) is 24.9 Å². The van der Waals surface area contributed by atoms with Crippen LogP contribution in [0, 0.1) is 56.7 Å².